The van der Waals surface area contributed by atoms with Crippen molar-refractivity contribution in [2.45, 2.75) is 18.3 Å². The molecule has 1 aliphatic rings. The Morgan fingerprint density at radius 1 is 1.30 bits per heavy atom. The second kappa shape index (κ2) is 9.78. The number of methoxy groups -OCH3 is 1. The van der Waals surface area contributed by atoms with Crippen LogP contribution < -0.4 is 15.8 Å². The van der Waals surface area contributed by atoms with Crippen LogP contribution in [0.4, 0.5) is 18.9 Å². The minimum Gasteiger partial charge on any atom is -0.497 e. The van der Waals surface area contributed by atoms with E-state index in [1.165, 1.54) is 0 Å². The van der Waals surface area contributed by atoms with Crippen LogP contribution in [0.25, 0.3) is 0 Å². The molecule has 1 aromatic rings. The van der Waals surface area contributed by atoms with E-state index in [0.29, 0.717) is 29.4 Å². The lowest BCUT2D eigenvalue weighted by molar-refractivity contribution is -0.0496. The topological polar surface area (TPSA) is 97.0 Å². The Balaban J connectivity index is 0.00000364. The van der Waals surface area contributed by atoms with Crippen molar-refractivity contribution in [2.75, 3.05) is 32.1 Å². The third-order valence-electron chi connectivity index (χ3n) is 4.09. The molecule has 12 heteroatoms. The van der Waals surface area contributed by atoms with Gasteiger partial charge in [0.05, 0.1) is 7.11 Å². The number of nitrogens with two attached hydrogens (primary N) is 1. The number of rotatable bonds is 5. The second-order valence-corrected chi connectivity index (χ2v) is 7.80. The van der Waals surface area contributed by atoms with Crippen LogP contribution in [-0.2, 0) is 10.0 Å². The van der Waals surface area contributed by atoms with E-state index >= 15 is 0 Å². The summed E-state index contributed by atoms with van der Waals surface area (Å²) in [5.74, 6) is 0.859. The number of nitrogens with one attached hydrogen (secondary N) is 1. The molecule has 0 unspecified atom stereocenters. The minimum absolute atomic E-state index is 0. The van der Waals surface area contributed by atoms with Gasteiger partial charge in [0.25, 0.3) is 0 Å². The molecule has 0 aromatic heterocycles. The zero-order valence-electron chi connectivity index (χ0n) is 14.6. The summed E-state index contributed by atoms with van der Waals surface area (Å²) < 4.78 is 65.9. The number of anilines is 1. The first-order valence-corrected chi connectivity index (χ1v) is 9.35. The molecule has 27 heavy (non-hydrogen) atoms. The molecule has 0 radical (unpaired) electrons. The van der Waals surface area contributed by atoms with Crippen molar-refractivity contribution in [3.63, 3.8) is 0 Å². The highest BCUT2D eigenvalue weighted by atomic mass is 127. The molecule has 1 aromatic carbocycles. The maximum atomic E-state index is 12.5. The fourth-order valence-electron chi connectivity index (χ4n) is 2.57. The lowest BCUT2D eigenvalue weighted by atomic mass is 9.98. The number of alkyl halides is 3. The van der Waals surface area contributed by atoms with Crippen LogP contribution in [0.15, 0.2) is 29.3 Å². The first-order chi connectivity index (χ1) is 12.1. The number of hydrogen-bond donors (Lipinski definition) is 2. The lowest BCUT2D eigenvalue weighted by Crippen LogP contribution is -2.45. The Bertz CT molecular complexity index is 734. The molecule has 1 heterocycles. The largest absolute Gasteiger partial charge is 0.511 e. The van der Waals surface area contributed by atoms with Crippen molar-refractivity contribution in [1.82, 2.24) is 4.31 Å². The van der Waals surface area contributed by atoms with Gasteiger partial charge in [-0.1, -0.05) is 0 Å². The van der Waals surface area contributed by atoms with E-state index in [1.54, 1.807) is 31.4 Å². The third kappa shape index (κ3) is 6.38. The quantitative estimate of drug-likeness (QED) is 0.352. The third-order valence-corrected chi connectivity index (χ3v) is 5.72. The SMILES string of the molecule is COc1ccc(NC(N)=NCC2CCN(S(=O)(=O)C(F)(F)F)CC2)cc1.I. The van der Waals surface area contributed by atoms with E-state index in [4.69, 9.17) is 10.5 Å². The highest BCUT2D eigenvalue weighted by molar-refractivity contribution is 14.0. The van der Waals surface area contributed by atoms with Crippen LogP contribution in [0.3, 0.4) is 0 Å². The van der Waals surface area contributed by atoms with Crippen molar-refractivity contribution < 1.29 is 26.3 Å². The lowest BCUT2D eigenvalue weighted by Gasteiger charge is -2.30. The molecule has 7 nitrogen and oxygen atoms in total. The maximum Gasteiger partial charge on any atom is 0.511 e. The van der Waals surface area contributed by atoms with Crippen molar-refractivity contribution in [3.05, 3.63) is 24.3 Å². The smallest absolute Gasteiger partial charge is 0.497 e. The molecule has 2 rings (SSSR count). The van der Waals surface area contributed by atoms with Gasteiger partial charge in [-0.2, -0.15) is 17.5 Å². The number of benzene rings is 1. The van der Waals surface area contributed by atoms with Crippen LogP contribution in [0.1, 0.15) is 12.8 Å². The van der Waals surface area contributed by atoms with E-state index in [2.05, 4.69) is 10.3 Å². The van der Waals surface area contributed by atoms with Crippen LogP contribution in [0, 0.1) is 5.92 Å². The number of sulfonamides is 1. The highest BCUT2D eigenvalue weighted by Gasteiger charge is 2.50. The monoisotopic (exact) mass is 522 g/mol. The van der Waals surface area contributed by atoms with Crippen LogP contribution in [-0.4, -0.2) is 50.9 Å². The number of ether oxygens (including phenoxy) is 1. The zero-order valence-corrected chi connectivity index (χ0v) is 17.7. The molecule has 1 saturated heterocycles. The van der Waals surface area contributed by atoms with Crippen molar-refractivity contribution in [3.8, 4) is 5.75 Å². The summed E-state index contributed by atoms with van der Waals surface area (Å²) in [7, 11) is -3.69. The van der Waals surface area contributed by atoms with Gasteiger partial charge in [-0.05, 0) is 43.0 Å². The van der Waals surface area contributed by atoms with E-state index in [0.717, 1.165) is 5.69 Å². The number of guanidine groups is 1. The number of nitrogens with zero attached hydrogens (tertiary/aromatic N) is 2. The molecule has 3 N–H and O–H groups in total. The van der Waals surface area contributed by atoms with Crippen molar-refractivity contribution >= 4 is 45.6 Å². The van der Waals surface area contributed by atoms with E-state index in [-0.39, 0.29) is 48.9 Å². The van der Waals surface area contributed by atoms with E-state index in [9.17, 15) is 21.6 Å². The van der Waals surface area contributed by atoms with Crippen LogP contribution in [0.2, 0.25) is 0 Å². The molecule has 1 aliphatic heterocycles. The van der Waals surface area contributed by atoms with Crippen molar-refractivity contribution in [1.29, 1.82) is 0 Å². The number of halogens is 4. The molecular weight excluding hydrogens is 500 g/mol. The van der Waals surface area contributed by atoms with Gasteiger partial charge in [-0.15, -0.1) is 24.0 Å². The van der Waals surface area contributed by atoms with Crippen molar-refractivity contribution in [2.24, 2.45) is 16.6 Å². The fraction of sp³-hybridized carbons (Fsp3) is 0.533. The Hall–Kier alpha value is -1.28. The molecule has 154 valence electrons. The summed E-state index contributed by atoms with van der Waals surface area (Å²) >= 11 is 0. The molecule has 0 saturated carbocycles. The molecule has 0 bridgehead atoms. The van der Waals surface area contributed by atoms with E-state index < -0.39 is 15.5 Å². The van der Waals surface area contributed by atoms with Crippen LogP contribution in [0.5, 0.6) is 5.75 Å². The molecule has 0 aliphatic carbocycles. The highest BCUT2D eigenvalue weighted by Crippen LogP contribution is 2.30. The van der Waals surface area contributed by atoms with Gasteiger partial charge in [0.1, 0.15) is 5.75 Å². The van der Waals surface area contributed by atoms with Gasteiger partial charge in [-0.3, -0.25) is 4.99 Å². The zero-order chi connectivity index (χ0) is 19.4. The molecule has 0 spiro atoms. The normalized spacial score (nSPS) is 17.3. The van der Waals surface area contributed by atoms with Gasteiger partial charge in [-0.25, -0.2) is 8.42 Å². The summed E-state index contributed by atoms with van der Waals surface area (Å²) in [6, 6.07) is 7.04. The van der Waals surface area contributed by atoms with Gasteiger partial charge in [0, 0.05) is 25.3 Å². The number of aliphatic imine (C=N–C) groups is 1. The van der Waals surface area contributed by atoms with Gasteiger partial charge in [0.15, 0.2) is 5.96 Å². The summed E-state index contributed by atoms with van der Waals surface area (Å²) in [4.78, 5) is 4.18. The summed E-state index contributed by atoms with van der Waals surface area (Å²) in [5.41, 5.74) is 1.26. The Labute approximate surface area is 173 Å². The minimum atomic E-state index is -5.26. The van der Waals surface area contributed by atoms with E-state index in [1.807, 2.05) is 0 Å². The maximum absolute atomic E-state index is 12.5. The molecule has 0 amide bonds. The first-order valence-electron chi connectivity index (χ1n) is 7.91. The molecule has 0 atom stereocenters. The number of piperidine rings is 1. The average molecular weight is 522 g/mol. The standard InChI is InChI=1S/C15H21F3N4O3S.HI/c1-25-13-4-2-12(3-5-13)21-14(19)20-10-11-6-8-22(9-7-11)26(23,24)15(16,17)18;/h2-5,11H,6-10H2,1H3,(H3,19,20,21);1H. The second-order valence-electron chi connectivity index (χ2n) is 5.87. The first kappa shape index (κ1) is 23.8. The Morgan fingerprint density at radius 3 is 2.33 bits per heavy atom. The summed E-state index contributed by atoms with van der Waals surface area (Å²) in [6.45, 7) is -0.0312. The van der Waals surface area contributed by atoms with Crippen LogP contribution >= 0.6 is 24.0 Å². The average Bonchev–Trinajstić information content (AvgIpc) is 2.60. The summed E-state index contributed by atoms with van der Waals surface area (Å²) in [5, 5.41) is 2.90. The fourth-order valence-corrected chi connectivity index (χ4v) is 3.55. The molecule has 1 fully saturated rings. The predicted octanol–water partition coefficient (Wildman–Crippen LogP) is 2.60. The Kier molecular flexibility index (Phi) is 8.60. The van der Waals surface area contributed by atoms with Gasteiger partial charge >= 0.3 is 15.5 Å². The molecular formula is C15H22F3IN4O3S. The van der Waals surface area contributed by atoms with Gasteiger partial charge in [0.2, 0.25) is 0 Å². The number of hydrogen-bond acceptors (Lipinski definition) is 4. The summed E-state index contributed by atoms with van der Waals surface area (Å²) in [6.07, 6.45) is 0.600. The van der Waals surface area contributed by atoms with Gasteiger partial charge < -0.3 is 15.8 Å². The predicted molar refractivity (Wildman–Crippen MR) is 108 cm³/mol. The Morgan fingerprint density at radius 2 is 1.85 bits per heavy atom.